The number of nitrogens with zero attached hydrogens (tertiary/aromatic N) is 2. The van der Waals surface area contributed by atoms with Crippen molar-refractivity contribution < 1.29 is 0 Å². The molecular weight excluding hydrogens is 188 g/mol. The van der Waals surface area contributed by atoms with Crippen LogP contribution < -0.4 is 0 Å². The number of thioether (sulfide) groups is 1. The Morgan fingerprint density at radius 3 is 3.17 bits per heavy atom. The van der Waals surface area contributed by atoms with Crippen molar-refractivity contribution in [1.82, 2.24) is 10.2 Å². The lowest BCUT2D eigenvalue weighted by Crippen LogP contribution is -1.89. The van der Waals surface area contributed by atoms with Crippen LogP contribution in [0.25, 0.3) is 0 Å². The van der Waals surface area contributed by atoms with Crippen LogP contribution in [0.1, 0.15) is 20.3 Å². The predicted molar refractivity (Wildman–Crippen MR) is 53.3 cm³/mol. The molecule has 0 aromatic carbocycles. The highest BCUT2D eigenvalue weighted by molar-refractivity contribution is 8.01. The molecule has 1 rings (SSSR count). The van der Waals surface area contributed by atoms with E-state index in [0.29, 0.717) is 5.25 Å². The molecule has 0 fully saturated rings. The second-order valence-corrected chi connectivity index (χ2v) is 4.56. The summed E-state index contributed by atoms with van der Waals surface area (Å²) in [4.78, 5) is 0. The summed E-state index contributed by atoms with van der Waals surface area (Å²) in [6.45, 7) is 4.13. The van der Waals surface area contributed by atoms with E-state index in [2.05, 4.69) is 35.9 Å². The van der Waals surface area contributed by atoms with Gasteiger partial charge in [0, 0.05) is 6.42 Å². The highest BCUT2D eigenvalue weighted by atomic mass is 32.2. The third-order valence-corrected chi connectivity index (χ3v) is 2.91. The molecule has 0 N–H and O–H groups in total. The topological polar surface area (TPSA) is 25.8 Å². The van der Waals surface area contributed by atoms with Gasteiger partial charge in [-0.3, -0.25) is 0 Å². The molecule has 2 nitrogen and oxygen atoms in total. The first-order chi connectivity index (χ1) is 5.83. The summed E-state index contributed by atoms with van der Waals surface area (Å²) in [5.41, 5.74) is 1.74. The quantitative estimate of drug-likeness (QED) is 0.539. The Hall–Kier alpha value is -0.530. The number of hydrogen-bond acceptors (Lipinski definition) is 4. The summed E-state index contributed by atoms with van der Waals surface area (Å²) in [5, 5.41) is 8.00. The van der Waals surface area contributed by atoms with Gasteiger partial charge >= 0.3 is 0 Å². The molecule has 64 valence electrons. The molecule has 0 aliphatic heterocycles. The Morgan fingerprint density at radius 1 is 1.75 bits per heavy atom. The predicted octanol–water partition coefficient (Wildman–Crippen LogP) is 2.43. The van der Waals surface area contributed by atoms with Gasteiger partial charge in [0.05, 0.1) is 5.25 Å². The fourth-order valence-electron chi connectivity index (χ4n) is 0.641. The minimum atomic E-state index is 0.317. The summed E-state index contributed by atoms with van der Waals surface area (Å²) in [5.74, 6) is 6.17. The van der Waals surface area contributed by atoms with Crippen molar-refractivity contribution in [1.29, 1.82) is 0 Å². The maximum Gasteiger partial charge on any atom is 0.175 e. The Bertz CT molecular complexity index is 271. The van der Waals surface area contributed by atoms with Gasteiger partial charge in [-0.25, -0.2) is 0 Å². The molecule has 0 spiro atoms. The van der Waals surface area contributed by atoms with Gasteiger partial charge in [0.1, 0.15) is 5.51 Å². The van der Waals surface area contributed by atoms with Crippen molar-refractivity contribution in [3.63, 3.8) is 0 Å². The van der Waals surface area contributed by atoms with Gasteiger partial charge in [-0.15, -0.1) is 16.1 Å². The molecular formula is C8H10N2S2. The van der Waals surface area contributed by atoms with E-state index in [1.165, 1.54) is 0 Å². The van der Waals surface area contributed by atoms with Crippen LogP contribution in [0.3, 0.4) is 0 Å². The van der Waals surface area contributed by atoms with E-state index in [9.17, 15) is 0 Å². The number of hydrogen-bond donors (Lipinski definition) is 0. The highest BCUT2D eigenvalue weighted by Gasteiger charge is 2.02. The molecule has 0 amide bonds. The molecule has 0 radical (unpaired) electrons. The minimum Gasteiger partial charge on any atom is -0.146 e. The monoisotopic (exact) mass is 198 g/mol. The highest BCUT2D eigenvalue weighted by Crippen LogP contribution is 2.23. The minimum absolute atomic E-state index is 0.317. The smallest absolute Gasteiger partial charge is 0.146 e. The van der Waals surface area contributed by atoms with Crippen molar-refractivity contribution in [3.8, 4) is 11.8 Å². The normalized spacial score (nSPS) is 11.8. The second-order valence-electron chi connectivity index (χ2n) is 2.14. The maximum absolute atomic E-state index is 3.93. The molecule has 0 saturated carbocycles. The number of aromatic nitrogens is 2. The van der Waals surface area contributed by atoms with Crippen LogP contribution in [-0.4, -0.2) is 15.4 Å². The number of rotatable bonds is 2. The largest absolute Gasteiger partial charge is 0.175 e. The summed E-state index contributed by atoms with van der Waals surface area (Å²) >= 11 is 3.22. The average molecular weight is 198 g/mol. The van der Waals surface area contributed by atoms with E-state index in [1.54, 1.807) is 28.6 Å². The third kappa shape index (κ3) is 3.24. The van der Waals surface area contributed by atoms with Crippen LogP contribution in [0.4, 0.5) is 0 Å². The zero-order valence-corrected chi connectivity index (χ0v) is 8.71. The molecule has 1 aromatic heterocycles. The van der Waals surface area contributed by atoms with E-state index in [0.717, 1.165) is 10.8 Å². The van der Waals surface area contributed by atoms with Gasteiger partial charge in [-0.1, -0.05) is 35.9 Å². The standard InChI is InChI=1S/C8H10N2S2/c1-3-4-5-7(2)12-8-10-9-6-11-8/h6-7H,3H2,1-2H3. The van der Waals surface area contributed by atoms with Crippen LogP contribution in [0, 0.1) is 11.8 Å². The molecule has 0 aliphatic rings. The van der Waals surface area contributed by atoms with Crippen molar-refractivity contribution in [3.05, 3.63) is 5.51 Å². The van der Waals surface area contributed by atoms with Crippen LogP contribution >= 0.6 is 23.1 Å². The zero-order valence-electron chi connectivity index (χ0n) is 7.07. The van der Waals surface area contributed by atoms with Crippen molar-refractivity contribution in [2.24, 2.45) is 0 Å². The molecule has 1 unspecified atom stereocenters. The molecule has 0 saturated heterocycles. The summed E-state index contributed by atoms with van der Waals surface area (Å²) < 4.78 is 0.993. The van der Waals surface area contributed by atoms with Gasteiger partial charge in [0.15, 0.2) is 4.34 Å². The first kappa shape index (κ1) is 9.56. The third-order valence-electron chi connectivity index (χ3n) is 1.10. The first-order valence-corrected chi connectivity index (χ1v) is 5.50. The molecule has 12 heavy (non-hydrogen) atoms. The van der Waals surface area contributed by atoms with Crippen molar-refractivity contribution in [2.75, 3.05) is 0 Å². The van der Waals surface area contributed by atoms with Gasteiger partial charge in [0.2, 0.25) is 0 Å². The van der Waals surface area contributed by atoms with Gasteiger partial charge in [0.25, 0.3) is 0 Å². The lowest BCUT2D eigenvalue weighted by atomic mass is 10.4. The molecule has 1 atom stereocenters. The van der Waals surface area contributed by atoms with E-state index in [-0.39, 0.29) is 0 Å². The second kappa shape index (κ2) is 5.18. The van der Waals surface area contributed by atoms with E-state index >= 15 is 0 Å². The van der Waals surface area contributed by atoms with E-state index < -0.39 is 0 Å². The lowest BCUT2D eigenvalue weighted by Gasteiger charge is -1.96. The SMILES string of the molecule is CCC#CC(C)Sc1nncs1. The van der Waals surface area contributed by atoms with E-state index in [1.807, 2.05) is 0 Å². The maximum atomic E-state index is 3.93. The van der Waals surface area contributed by atoms with Crippen LogP contribution in [0.15, 0.2) is 9.85 Å². The Balaban J connectivity index is 2.42. The molecule has 0 aliphatic carbocycles. The summed E-state index contributed by atoms with van der Waals surface area (Å²) in [7, 11) is 0. The summed E-state index contributed by atoms with van der Waals surface area (Å²) in [6.07, 6.45) is 0.918. The average Bonchev–Trinajstić information content (AvgIpc) is 2.53. The summed E-state index contributed by atoms with van der Waals surface area (Å²) in [6, 6.07) is 0. The Labute approximate surface area is 80.8 Å². The first-order valence-electron chi connectivity index (χ1n) is 3.74. The fraction of sp³-hybridized carbons (Fsp3) is 0.500. The Kier molecular flexibility index (Phi) is 4.12. The van der Waals surface area contributed by atoms with Gasteiger partial charge in [-0.05, 0) is 6.92 Å². The van der Waals surface area contributed by atoms with Crippen LogP contribution in [-0.2, 0) is 0 Å². The van der Waals surface area contributed by atoms with Gasteiger partial charge in [-0.2, -0.15) is 0 Å². The van der Waals surface area contributed by atoms with E-state index in [4.69, 9.17) is 0 Å². The van der Waals surface area contributed by atoms with Crippen LogP contribution in [0.2, 0.25) is 0 Å². The fourth-order valence-corrected chi connectivity index (χ4v) is 2.24. The van der Waals surface area contributed by atoms with Gasteiger partial charge < -0.3 is 0 Å². The van der Waals surface area contributed by atoms with Crippen molar-refractivity contribution >= 4 is 23.1 Å². The van der Waals surface area contributed by atoms with Crippen LogP contribution in [0.5, 0.6) is 0 Å². The molecule has 0 bridgehead atoms. The molecule has 4 heteroatoms. The zero-order chi connectivity index (χ0) is 8.81. The Morgan fingerprint density at radius 2 is 2.58 bits per heavy atom. The lowest BCUT2D eigenvalue weighted by molar-refractivity contribution is 1.01. The molecule has 1 aromatic rings. The molecule has 1 heterocycles. The van der Waals surface area contributed by atoms with Crippen molar-refractivity contribution in [2.45, 2.75) is 29.9 Å².